The summed E-state index contributed by atoms with van der Waals surface area (Å²) in [5.74, 6) is 0.581. The SMILES string of the molecule is CN1CCC(CN(C)c2cccc(N)c2[N+](=O)[O-])CC1. The average Bonchev–Trinajstić information content (AvgIpc) is 2.40. The van der Waals surface area contributed by atoms with Crippen LogP contribution in [-0.4, -0.2) is 43.6 Å². The second-order valence-electron chi connectivity index (χ2n) is 5.60. The van der Waals surface area contributed by atoms with Crippen LogP contribution < -0.4 is 10.6 Å². The van der Waals surface area contributed by atoms with E-state index >= 15 is 0 Å². The maximum absolute atomic E-state index is 11.2. The largest absolute Gasteiger partial charge is 0.393 e. The van der Waals surface area contributed by atoms with Crippen LogP contribution in [0.15, 0.2) is 18.2 Å². The Balaban J connectivity index is 2.11. The molecule has 1 aliphatic heterocycles. The Bertz CT molecular complexity index is 484. The molecule has 1 heterocycles. The van der Waals surface area contributed by atoms with Gasteiger partial charge in [-0.2, -0.15) is 0 Å². The molecule has 0 amide bonds. The third-order valence-corrected chi connectivity index (χ3v) is 4.01. The van der Waals surface area contributed by atoms with Crippen LogP contribution in [0.5, 0.6) is 0 Å². The minimum Gasteiger partial charge on any atom is -0.393 e. The Labute approximate surface area is 119 Å². The van der Waals surface area contributed by atoms with Crippen molar-refractivity contribution in [1.29, 1.82) is 0 Å². The van der Waals surface area contributed by atoms with E-state index in [9.17, 15) is 10.1 Å². The normalized spacial score (nSPS) is 17.1. The monoisotopic (exact) mass is 278 g/mol. The smallest absolute Gasteiger partial charge is 0.315 e. The van der Waals surface area contributed by atoms with Gasteiger partial charge in [0.25, 0.3) is 0 Å². The van der Waals surface area contributed by atoms with Crippen molar-refractivity contribution in [2.75, 3.05) is 44.4 Å². The van der Waals surface area contributed by atoms with Gasteiger partial charge in [-0.3, -0.25) is 10.1 Å². The molecular weight excluding hydrogens is 256 g/mol. The van der Waals surface area contributed by atoms with Gasteiger partial charge >= 0.3 is 5.69 Å². The summed E-state index contributed by atoms with van der Waals surface area (Å²) in [6.07, 6.45) is 2.27. The third-order valence-electron chi connectivity index (χ3n) is 4.01. The molecule has 6 nitrogen and oxygen atoms in total. The van der Waals surface area contributed by atoms with E-state index in [-0.39, 0.29) is 11.4 Å². The minimum atomic E-state index is -0.393. The first-order chi connectivity index (χ1) is 9.49. The first kappa shape index (κ1) is 14.6. The van der Waals surface area contributed by atoms with E-state index in [1.165, 1.54) is 0 Å². The van der Waals surface area contributed by atoms with Gasteiger partial charge in [0, 0.05) is 13.6 Å². The van der Waals surface area contributed by atoms with Gasteiger partial charge < -0.3 is 15.5 Å². The first-order valence-electron chi connectivity index (χ1n) is 6.91. The Kier molecular flexibility index (Phi) is 4.44. The summed E-state index contributed by atoms with van der Waals surface area (Å²) in [6, 6.07) is 5.11. The van der Waals surface area contributed by atoms with Crippen LogP contribution in [0.4, 0.5) is 17.1 Å². The van der Waals surface area contributed by atoms with Crippen molar-refractivity contribution in [2.45, 2.75) is 12.8 Å². The van der Waals surface area contributed by atoms with Gasteiger partial charge in [0.1, 0.15) is 11.4 Å². The van der Waals surface area contributed by atoms with Crippen molar-refractivity contribution >= 4 is 17.1 Å². The fourth-order valence-electron chi connectivity index (χ4n) is 2.79. The number of para-hydroxylation sites is 1. The number of anilines is 2. The number of benzene rings is 1. The molecule has 110 valence electrons. The van der Waals surface area contributed by atoms with Gasteiger partial charge in [-0.05, 0) is 51.0 Å². The van der Waals surface area contributed by atoms with Gasteiger partial charge in [-0.1, -0.05) is 6.07 Å². The summed E-state index contributed by atoms with van der Waals surface area (Å²) >= 11 is 0. The van der Waals surface area contributed by atoms with Crippen molar-refractivity contribution in [3.63, 3.8) is 0 Å². The number of nitro benzene ring substituents is 1. The lowest BCUT2D eigenvalue weighted by Crippen LogP contribution is -2.35. The number of likely N-dealkylation sites (tertiary alicyclic amines) is 1. The molecule has 1 fully saturated rings. The van der Waals surface area contributed by atoms with Gasteiger partial charge in [0.2, 0.25) is 0 Å². The number of hydrogen-bond acceptors (Lipinski definition) is 5. The molecule has 20 heavy (non-hydrogen) atoms. The molecule has 0 saturated carbocycles. The molecule has 1 aromatic carbocycles. The lowest BCUT2D eigenvalue weighted by atomic mass is 9.96. The fraction of sp³-hybridized carbons (Fsp3) is 0.571. The molecule has 0 spiro atoms. The number of nitrogen functional groups attached to an aromatic ring is 1. The van der Waals surface area contributed by atoms with Crippen molar-refractivity contribution in [2.24, 2.45) is 5.92 Å². The molecule has 0 aromatic heterocycles. The second-order valence-corrected chi connectivity index (χ2v) is 5.60. The topological polar surface area (TPSA) is 75.6 Å². The maximum Gasteiger partial charge on any atom is 0.315 e. The van der Waals surface area contributed by atoms with E-state index in [0.717, 1.165) is 32.5 Å². The number of hydrogen-bond donors (Lipinski definition) is 1. The summed E-state index contributed by atoms with van der Waals surface area (Å²) < 4.78 is 0. The highest BCUT2D eigenvalue weighted by molar-refractivity contribution is 5.75. The molecule has 2 rings (SSSR count). The predicted molar refractivity (Wildman–Crippen MR) is 81.0 cm³/mol. The van der Waals surface area contributed by atoms with Crippen molar-refractivity contribution in [3.8, 4) is 0 Å². The van der Waals surface area contributed by atoms with E-state index in [0.29, 0.717) is 11.6 Å². The highest BCUT2D eigenvalue weighted by atomic mass is 16.6. The van der Waals surface area contributed by atoms with Crippen molar-refractivity contribution in [3.05, 3.63) is 28.3 Å². The van der Waals surface area contributed by atoms with E-state index in [1.54, 1.807) is 18.2 Å². The Morgan fingerprint density at radius 2 is 2.10 bits per heavy atom. The van der Waals surface area contributed by atoms with Crippen LogP contribution >= 0.6 is 0 Å². The summed E-state index contributed by atoms with van der Waals surface area (Å²) in [6.45, 7) is 3.02. The summed E-state index contributed by atoms with van der Waals surface area (Å²) in [5, 5.41) is 11.2. The van der Waals surface area contributed by atoms with E-state index in [1.807, 2.05) is 11.9 Å². The number of rotatable bonds is 4. The Morgan fingerprint density at radius 1 is 1.45 bits per heavy atom. The van der Waals surface area contributed by atoms with Gasteiger partial charge in [0.05, 0.1) is 4.92 Å². The van der Waals surface area contributed by atoms with Crippen LogP contribution in [0.1, 0.15) is 12.8 Å². The standard InChI is InChI=1S/C14H22N4O2/c1-16-8-6-11(7-9-16)10-17(2)13-5-3-4-12(15)14(13)18(19)20/h3-5,11H,6-10,15H2,1-2H3. The van der Waals surface area contributed by atoms with Crippen molar-refractivity contribution < 1.29 is 4.92 Å². The zero-order valence-corrected chi connectivity index (χ0v) is 12.1. The van der Waals surface area contributed by atoms with Crippen LogP contribution in [-0.2, 0) is 0 Å². The Hall–Kier alpha value is -1.82. The number of nitrogens with two attached hydrogens (primary N) is 1. The minimum absolute atomic E-state index is 0.0166. The average molecular weight is 278 g/mol. The molecule has 0 radical (unpaired) electrons. The van der Waals surface area contributed by atoms with Gasteiger partial charge in [-0.25, -0.2) is 0 Å². The zero-order chi connectivity index (χ0) is 14.7. The van der Waals surface area contributed by atoms with Crippen LogP contribution in [0, 0.1) is 16.0 Å². The highest BCUT2D eigenvalue weighted by Gasteiger charge is 2.24. The molecule has 0 unspecified atom stereocenters. The zero-order valence-electron chi connectivity index (χ0n) is 12.1. The molecule has 0 bridgehead atoms. The van der Waals surface area contributed by atoms with Gasteiger partial charge in [0.15, 0.2) is 0 Å². The lowest BCUT2D eigenvalue weighted by molar-refractivity contribution is -0.383. The first-order valence-corrected chi connectivity index (χ1v) is 6.91. The highest BCUT2D eigenvalue weighted by Crippen LogP contribution is 2.33. The lowest BCUT2D eigenvalue weighted by Gasteiger charge is -2.32. The Morgan fingerprint density at radius 3 is 2.70 bits per heavy atom. The van der Waals surface area contributed by atoms with Crippen molar-refractivity contribution in [1.82, 2.24) is 4.90 Å². The molecule has 6 heteroatoms. The molecule has 1 aliphatic rings. The summed E-state index contributed by atoms with van der Waals surface area (Å²) in [7, 11) is 4.03. The summed E-state index contributed by atoms with van der Waals surface area (Å²) in [5.41, 5.74) is 6.58. The molecular formula is C14H22N4O2. The summed E-state index contributed by atoms with van der Waals surface area (Å²) in [4.78, 5) is 15.1. The number of piperidine rings is 1. The predicted octanol–water partition coefficient (Wildman–Crippen LogP) is 1.95. The van der Waals surface area contributed by atoms with Crippen LogP contribution in [0.3, 0.4) is 0 Å². The maximum atomic E-state index is 11.2. The van der Waals surface area contributed by atoms with E-state index < -0.39 is 4.92 Å². The second kappa shape index (κ2) is 6.09. The van der Waals surface area contributed by atoms with E-state index in [2.05, 4.69) is 11.9 Å². The molecule has 2 N–H and O–H groups in total. The van der Waals surface area contributed by atoms with Crippen LogP contribution in [0.25, 0.3) is 0 Å². The molecule has 1 saturated heterocycles. The number of nitrogens with zero attached hydrogens (tertiary/aromatic N) is 3. The molecule has 0 atom stereocenters. The quantitative estimate of drug-likeness (QED) is 0.517. The fourth-order valence-corrected chi connectivity index (χ4v) is 2.79. The van der Waals surface area contributed by atoms with Crippen LogP contribution in [0.2, 0.25) is 0 Å². The molecule has 0 aliphatic carbocycles. The van der Waals surface area contributed by atoms with Gasteiger partial charge in [-0.15, -0.1) is 0 Å². The molecule has 1 aromatic rings. The third kappa shape index (κ3) is 3.19. The van der Waals surface area contributed by atoms with E-state index in [4.69, 9.17) is 5.73 Å². The number of nitro groups is 1.